The van der Waals surface area contributed by atoms with Crippen LogP contribution < -0.4 is 19.5 Å². The van der Waals surface area contributed by atoms with Gasteiger partial charge in [0.15, 0.2) is 0 Å². The first kappa shape index (κ1) is 23.1. The summed E-state index contributed by atoms with van der Waals surface area (Å²) in [7, 11) is -1.02. The summed E-state index contributed by atoms with van der Waals surface area (Å²) in [6.45, 7) is 4.08. The van der Waals surface area contributed by atoms with Gasteiger partial charge in [0.05, 0.1) is 30.5 Å². The second-order valence-corrected chi connectivity index (χ2v) is 9.08. The van der Waals surface area contributed by atoms with Gasteiger partial charge in [-0.2, -0.15) is 0 Å². The number of nitrogens with one attached hydrogen (secondary N) is 2. The lowest BCUT2D eigenvalue weighted by Gasteiger charge is -2.17. The van der Waals surface area contributed by atoms with Crippen LogP contribution in [0.15, 0.2) is 71.6 Å². The number of hydrogen-bond donors (Lipinski definition) is 2. The molecule has 0 spiro atoms. The number of methoxy groups -OCH3 is 2. The summed E-state index contributed by atoms with van der Waals surface area (Å²) in [6, 6.07) is 18.4. The molecule has 0 aromatic heterocycles. The Hall–Kier alpha value is -3.52. The van der Waals surface area contributed by atoms with Gasteiger partial charge in [-0.15, -0.1) is 0 Å². The first-order chi connectivity index (χ1) is 15.2. The molecule has 1 amide bonds. The van der Waals surface area contributed by atoms with Crippen LogP contribution in [0.4, 0.5) is 11.4 Å². The fraction of sp³-hybridized carbons (Fsp3) is 0.208. The van der Waals surface area contributed by atoms with Crippen molar-refractivity contribution in [2.75, 3.05) is 24.3 Å². The molecule has 0 fully saturated rings. The molecule has 3 aromatic carbocycles. The summed E-state index contributed by atoms with van der Waals surface area (Å²) in [5, 5.41) is 2.77. The monoisotopic (exact) mass is 454 g/mol. The standard InChI is InChI=1S/C24H26N2O5S/c1-16(2)17-10-12-19(13-11-17)32(28,29)26-21-15-22(30-3)20(14-23(21)31-4)25-24(27)18-8-6-5-7-9-18/h5-16,26H,1-4H3,(H,25,27). The van der Waals surface area contributed by atoms with Crippen molar-refractivity contribution in [1.29, 1.82) is 0 Å². The van der Waals surface area contributed by atoms with Gasteiger partial charge in [-0.3, -0.25) is 9.52 Å². The molecular formula is C24H26N2O5S. The highest BCUT2D eigenvalue weighted by molar-refractivity contribution is 7.92. The molecule has 0 aliphatic heterocycles. The van der Waals surface area contributed by atoms with Gasteiger partial charge >= 0.3 is 0 Å². The Kier molecular flexibility index (Phi) is 7.05. The second kappa shape index (κ2) is 9.74. The quantitative estimate of drug-likeness (QED) is 0.506. The summed E-state index contributed by atoms with van der Waals surface area (Å²) in [4.78, 5) is 12.7. The van der Waals surface area contributed by atoms with Crippen molar-refractivity contribution in [3.63, 3.8) is 0 Å². The van der Waals surface area contributed by atoms with Crippen LogP contribution in [0.1, 0.15) is 35.7 Å². The topological polar surface area (TPSA) is 93.7 Å². The minimum absolute atomic E-state index is 0.129. The molecule has 3 aromatic rings. The Morgan fingerprint density at radius 3 is 1.97 bits per heavy atom. The summed E-state index contributed by atoms with van der Waals surface area (Å²) in [5.41, 5.74) is 2.06. The molecule has 0 aliphatic rings. The molecule has 0 unspecified atom stereocenters. The predicted molar refractivity (Wildman–Crippen MR) is 125 cm³/mol. The lowest BCUT2D eigenvalue weighted by Crippen LogP contribution is -2.15. The molecule has 0 saturated heterocycles. The van der Waals surface area contributed by atoms with Crippen molar-refractivity contribution in [3.8, 4) is 11.5 Å². The highest BCUT2D eigenvalue weighted by Gasteiger charge is 2.20. The molecule has 7 nitrogen and oxygen atoms in total. The van der Waals surface area contributed by atoms with E-state index in [1.807, 2.05) is 19.9 Å². The fourth-order valence-corrected chi connectivity index (χ4v) is 4.16. The van der Waals surface area contributed by atoms with Crippen molar-refractivity contribution < 1.29 is 22.7 Å². The van der Waals surface area contributed by atoms with E-state index in [1.165, 1.54) is 26.4 Å². The summed E-state index contributed by atoms with van der Waals surface area (Å²) < 4.78 is 39.1. The van der Waals surface area contributed by atoms with E-state index in [-0.39, 0.29) is 28.0 Å². The van der Waals surface area contributed by atoms with Crippen molar-refractivity contribution in [3.05, 3.63) is 77.9 Å². The van der Waals surface area contributed by atoms with Gasteiger partial charge in [-0.25, -0.2) is 8.42 Å². The number of anilines is 2. The van der Waals surface area contributed by atoms with Gasteiger partial charge in [0.2, 0.25) is 0 Å². The number of ether oxygens (including phenoxy) is 2. The fourth-order valence-electron chi connectivity index (χ4n) is 3.09. The van der Waals surface area contributed by atoms with Gasteiger partial charge in [-0.1, -0.05) is 44.2 Å². The Morgan fingerprint density at radius 1 is 0.844 bits per heavy atom. The molecule has 0 saturated carbocycles. The molecule has 8 heteroatoms. The van der Waals surface area contributed by atoms with E-state index in [0.29, 0.717) is 17.2 Å². The van der Waals surface area contributed by atoms with E-state index >= 15 is 0 Å². The van der Waals surface area contributed by atoms with Crippen LogP contribution in [-0.2, 0) is 10.0 Å². The Morgan fingerprint density at radius 2 is 1.41 bits per heavy atom. The Bertz CT molecular complexity index is 1190. The lowest BCUT2D eigenvalue weighted by molar-refractivity contribution is 0.102. The second-order valence-electron chi connectivity index (χ2n) is 7.40. The van der Waals surface area contributed by atoms with Crippen LogP contribution in [0.3, 0.4) is 0 Å². The molecular weight excluding hydrogens is 428 g/mol. The van der Waals surface area contributed by atoms with Crippen molar-refractivity contribution >= 4 is 27.3 Å². The Balaban J connectivity index is 1.90. The highest BCUT2D eigenvalue weighted by atomic mass is 32.2. The molecule has 168 valence electrons. The SMILES string of the molecule is COc1cc(NS(=O)(=O)c2ccc(C(C)C)cc2)c(OC)cc1NC(=O)c1ccccc1. The Labute approximate surface area is 188 Å². The number of amides is 1. The van der Waals surface area contributed by atoms with Crippen molar-refractivity contribution in [1.82, 2.24) is 0 Å². The number of carbonyl (C=O) groups is 1. The zero-order valence-electron chi connectivity index (χ0n) is 18.4. The van der Waals surface area contributed by atoms with Crippen LogP contribution in [-0.4, -0.2) is 28.5 Å². The number of rotatable bonds is 8. The highest BCUT2D eigenvalue weighted by Crippen LogP contribution is 2.37. The first-order valence-electron chi connectivity index (χ1n) is 10.0. The lowest BCUT2D eigenvalue weighted by atomic mass is 10.0. The maximum absolute atomic E-state index is 12.9. The zero-order chi connectivity index (χ0) is 23.3. The van der Waals surface area contributed by atoms with E-state index in [9.17, 15) is 13.2 Å². The minimum atomic E-state index is -3.87. The maximum Gasteiger partial charge on any atom is 0.262 e. The molecule has 0 bridgehead atoms. The number of sulfonamides is 1. The molecule has 2 N–H and O–H groups in total. The number of carbonyl (C=O) groups excluding carboxylic acids is 1. The van der Waals surface area contributed by atoms with Crippen LogP contribution in [0.25, 0.3) is 0 Å². The summed E-state index contributed by atoms with van der Waals surface area (Å²) in [6.07, 6.45) is 0. The van der Waals surface area contributed by atoms with E-state index in [0.717, 1.165) is 5.56 Å². The largest absolute Gasteiger partial charge is 0.494 e. The third kappa shape index (κ3) is 5.20. The zero-order valence-corrected chi connectivity index (χ0v) is 19.2. The number of hydrogen-bond acceptors (Lipinski definition) is 5. The van der Waals surface area contributed by atoms with Gasteiger partial charge < -0.3 is 14.8 Å². The van der Waals surface area contributed by atoms with Gasteiger partial charge in [0.25, 0.3) is 15.9 Å². The predicted octanol–water partition coefficient (Wildman–Crippen LogP) is 4.88. The normalized spacial score (nSPS) is 11.2. The molecule has 0 atom stereocenters. The summed E-state index contributed by atoms with van der Waals surface area (Å²) in [5.74, 6) is 0.478. The first-order valence-corrected chi connectivity index (χ1v) is 11.5. The maximum atomic E-state index is 12.9. The molecule has 0 aliphatic carbocycles. The summed E-state index contributed by atoms with van der Waals surface area (Å²) >= 11 is 0. The average Bonchev–Trinajstić information content (AvgIpc) is 2.80. The molecule has 0 heterocycles. The molecule has 3 rings (SSSR count). The van der Waals surface area contributed by atoms with E-state index in [1.54, 1.807) is 48.5 Å². The van der Waals surface area contributed by atoms with Crippen LogP contribution >= 0.6 is 0 Å². The van der Waals surface area contributed by atoms with Gasteiger partial charge in [0, 0.05) is 17.7 Å². The third-order valence-corrected chi connectivity index (χ3v) is 6.29. The van der Waals surface area contributed by atoms with Gasteiger partial charge in [-0.05, 0) is 35.7 Å². The third-order valence-electron chi connectivity index (χ3n) is 4.91. The molecule has 0 radical (unpaired) electrons. The smallest absolute Gasteiger partial charge is 0.262 e. The van der Waals surface area contributed by atoms with E-state index in [2.05, 4.69) is 10.0 Å². The average molecular weight is 455 g/mol. The van der Waals surface area contributed by atoms with Crippen LogP contribution in [0.2, 0.25) is 0 Å². The number of benzene rings is 3. The van der Waals surface area contributed by atoms with Crippen molar-refractivity contribution in [2.45, 2.75) is 24.7 Å². The van der Waals surface area contributed by atoms with E-state index < -0.39 is 10.0 Å². The van der Waals surface area contributed by atoms with Gasteiger partial charge in [0.1, 0.15) is 11.5 Å². The van der Waals surface area contributed by atoms with Crippen molar-refractivity contribution in [2.24, 2.45) is 0 Å². The molecule has 32 heavy (non-hydrogen) atoms. The van der Waals surface area contributed by atoms with Crippen LogP contribution in [0, 0.1) is 0 Å². The minimum Gasteiger partial charge on any atom is -0.494 e. The van der Waals surface area contributed by atoms with Crippen LogP contribution in [0.5, 0.6) is 11.5 Å². The van der Waals surface area contributed by atoms with E-state index in [4.69, 9.17) is 9.47 Å².